The van der Waals surface area contributed by atoms with Gasteiger partial charge in [0.2, 0.25) is 0 Å². The molecule has 0 bridgehead atoms. The number of carbonyl (C=O) groups is 3. The number of cyclic esters (lactones) is 1. The van der Waals surface area contributed by atoms with Crippen LogP contribution < -0.4 is 5.32 Å². The molecule has 0 spiro atoms. The molecule has 1 amide bonds. The van der Waals surface area contributed by atoms with E-state index in [1.165, 1.54) is 7.11 Å². The number of aliphatic hydroxyl groups excluding tert-OH is 1. The number of aliphatic hydroxyl groups is 1. The van der Waals surface area contributed by atoms with Crippen LogP contribution in [0.15, 0.2) is 103 Å². The number of hydrogen-bond acceptors (Lipinski definition) is 6. The van der Waals surface area contributed by atoms with Crippen LogP contribution in [0.5, 0.6) is 0 Å². The summed E-state index contributed by atoms with van der Waals surface area (Å²) in [7, 11) is 1.24. The van der Waals surface area contributed by atoms with Gasteiger partial charge < -0.3 is 19.9 Å². The van der Waals surface area contributed by atoms with Gasteiger partial charge in [-0.1, -0.05) is 91.0 Å². The van der Waals surface area contributed by atoms with Crippen LogP contribution in [-0.2, 0) is 30.3 Å². The molecule has 0 unspecified atom stereocenters. The largest absolute Gasteiger partial charge is 0.504 e. The molecule has 3 aromatic carbocycles. The van der Waals surface area contributed by atoms with Gasteiger partial charge in [0.25, 0.3) is 5.91 Å². The second-order valence-electron chi connectivity index (χ2n) is 7.79. The molecule has 1 aliphatic heterocycles. The normalized spacial score (nSPS) is 15.3. The second-order valence-corrected chi connectivity index (χ2v) is 7.79. The molecule has 176 valence electrons. The maximum Gasteiger partial charge on any atom is 0.348 e. The maximum absolute atomic E-state index is 13.5. The van der Waals surface area contributed by atoms with Crippen molar-refractivity contribution in [2.45, 2.75) is 12.5 Å². The smallest absolute Gasteiger partial charge is 0.348 e. The molecular formula is C28H23NO6. The molecule has 3 aromatic rings. The molecule has 4 rings (SSSR count). The molecule has 0 aliphatic carbocycles. The van der Waals surface area contributed by atoms with Gasteiger partial charge in [0, 0.05) is 6.42 Å². The summed E-state index contributed by atoms with van der Waals surface area (Å²) in [6.07, 6.45) is 0.188. The standard InChI is InChI=1S/C28H23NO6/c1-34-27(32)21(17-18-11-5-2-6-12-18)29-26(31)23(20-15-9-4-10-16-20)25-24(30)22(28(33)35-25)19-13-7-3-8-14-19/h2-16,21,30H,17H2,1H3,(H,29,31)/b25-23+/t21-/m1/s1. The molecule has 7 nitrogen and oxygen atoms in total. The predicted octanol–water partition coefficient (Wildman–Crippen LogP) is 3.82. The second kappa shape index (κ2) is 10.5. The fraction of sp³-hybridized carbons (Fsp3) is 0.107. The minimum atomic E-state index is -1.01. The van der Waals surface area contributed by atoms with Crippen molar-refractivity contribution in [3.63, 3.8) is 0 Å². The van der Waals surface area contributed by atoms with Crippen LogP contribution in [0.3, 0.4) is 0 Å². The molecule has 0 aromatic heterocycles. The molecule has 7 heteroatoms. The van der Waals surface area contributed by atoms with Crippen LogP contribution in [-0.4, -0.2) is 36.1 Å². The third-order valence-electron chi connectivity index (χ3n) is 5.50. The van der Waals surface area contributed by atoms with Crippen molar-refractivity contribution in [3.05, 3.63) is 119 Å². The number of nitrogens with one attached hydrogen (secondary N) is 1. The zero-order valence-corrected chi connectivity index (χ0v) is 18.9. The molecular weight excluding hydrogens is 446 g/mol. The van der Waals surface area contributed by atoms with Gasteiger partial charge >= 0.3 is 11.9 Å². The van der Waals surface area contributed by atoms with E-state index in [1.807, 2.05) is 30.3 Å². The van der Waals surface area contributed by atoms with Crippen LogP contribution in [0, 0.1) is 0 Å². The first kappa shape index (κ1) is 23.5. The number of benzene rings is 3. The molecule has 35 heavy (non-hydrogen) atoms. The van der Waals surface area contributed by atoms with Crippen LogP contribution in [0.25, 0.3) is 11.1 Å². The van der Waals surface area contributed by atoms with E-state index >= 15 is 0 Å². The van der Waals surface area contributed by atoms with Gasteiger partial charge in [-0.05, 0) is 16.7 Å². The fourth-order valence-corrected chi connectivity index (χ4v) is 3.82. The van der Waals surface area contributed by atoms with Gasteiger partial charge in [-0.3, -0.25) is 4.79 Å². The van der Waals surface area contributed by atoms with Gasteiger partial charge in [0.15, 0.2) is 11.5 Å². The Hall–Kier alpha value is -4.65. The van der Waals surface area contributed by atoms with Gasteiger partial charge in [0.05, 0.1) is 12.7 Å². The van der Waals surface area contributed by atoms with Crippen molar-refractivity contribution in [2.75, 3.05) is 7.11 Å². The monoisotopic (exact) mass is 469 g/mol. The Morgan fingerprint density at radius 1 is 0.914 bits per heavy atom. The number of esters is 2. The van der Waals surface area contributed by atoms with E-state index in [9.17, 15) is 19.5 Å². The first-order valence-electron chi connectivity index (χ1n) is 10.9. The third kappa shape index (κ3) is 5.14. The molecule has 0 radical (unpaired) electrons. The fourth-order valence-electron chi connectivity index (χ4n) is 3.82. The van der Waals surface area contributed by atoms with Crippen molar-refractivity contribution in [1.82, 2.24) is 5.32 Å². The zero-order chi connectivity index (χ0) is 24.8. The topological polar surface area (TPSA) is 102 Å². The number of ether oxygens (including phenoxy) is 2. The van der Waals surface area contributed by atoms with E-state index in [1.54, 1.807) is 60.7 Å². The summed E-state index contributed by atoms with van der Waals surface area (Å²) in [5.74, 6) is -2.84. The summed E-state index contributed by atoms with van der Waals surface area (Å²) in [5, 5.41) is 13.7. The maximum atomic E-state index is 13.5. The Kier molecular flexibility index (Phi) is 7.07. The molecule has 0 saturated carbocycles. The lowest BCUT2D eigenvalue weighted by Gasteiger charge is -2.19. The highest BCUT2D eigenvalue weighted by atomic mass is 16.6. The Bertz CT molecular complexity index is 1300. The van der Waals surface area contributed by atoms with Gasteiger partial charge in [-0.15, -0.1) is 0 Å². The summed E-state index contributed by atoms with van der Waals surface area (Å²) < 4.78 is 10.3. The number of hydrogen-bond donors (Lipinski definition) is 2. The van der Waals surface area contributed by atoms with E-state index in [2.05, 4.69) is 5.32 Å². The van der Waals surface area contributed by atoms with Crippen molar-refractivity contribution in [3.8, 4) is 0 Å². The summed E-state index contributed by atoms with van der Waals surface area (Å²) in [5.41, 5.74) is 1.55. The van der Waals surface area contributed by atoms with Crippen molar-refractivity contribution < 1.29 is 29.0 Å². The van der Waals surface area contributed by atoms with Gasteiger partial charge in [0.1, 0.15) is 11.6 Å². The average molecular weight is 469 g/mol. The highest BCUT2D eigenvalue weighted by molar-refractivity contribution is 6.26. The zero-order valence-electron chi connectivity index (χ0n) is 18.9. The first-order valence-corrected chi connectivity index (χ1v) is 10.9. The molecule has 1 aliphatic rings. The van der Waals surface area contributed by atoms with E-state index in [-0.39, 0.29) is 23.3 Å². The summed E-state index contributed by atoms with van der Waals surface area (Å²) in [6.45, 7) is 0. The van der Waals surface area contributed by atoms with E-state index in [4.69, 9.17) is 9.47 Å². The van der Waals surface area contributed by atoms with E-state index in [0.717, 1.165) is 5.56 Å². The molecule has 1 atom stereocenters. The summed E-state index contributed by atoms with van der Waals surface area (Å²) in [6, 6.07) is 25.2. The Labute approximate surface area is 202 Å². The highest BCUT2D eigenvalue weighted by Crippen LogP contribution is 2.36. The highest BCUT2D eigenvalue weighted by Gasteiger charge is 2.36. The van der Waals surface area contributed by atoms with Gasteiger partial charge in [-0.25, -0.2) is 9.59 Å². The van der Waals surface area contributed by atoms with E-state index < -0.39 is 29.6 Å². The van der Waals surface area contributed by atoms with Crippen LogP contribution in [0.1, 0.15) is 16.7 Å². The Balaban J connectivity index is 1.76. The number of methoxy groups -OCH3 is 1. The average Bonchev–Trinajstić information content (AvgIpc) is 3.18. The van der Waals surface area contributed by atoms with Crippen LogP contribution >= 0.6 is 0 Å². The van der Waals surface area contributed by atoms with Crippen molar-refractivity contribution >= 4 is 29.0 Å². The van der Waals surface area contributed by atoms with E-state index in [0.29, 0.717) is 11.1 Å². The summed E-state index contributed by atoms with van der Waals surface area (Å²) >= 11 is 0. The Morgan fingerprint density at radius 3 is 2.09 bits per heavy atom. The predicted molar refractivity (Wildman–Crippen MR) is 130 cm³/mol. The van der Waals surface area contributed by atoms with Crippen LogP contribution in [0.2, 0.25) is 0 Å². The van der Waals surface area contributed by atoms with Crippen LogP contribution in [0.4, 0.5) is 0 Å². The lowest BCUT2D eigenvalue weighted by atomic mass is 9.99. The van der Waals surface area contributed by atoms with Crippen molar-refractivity contribution in [2.24, 2.45) is 0 Å². The number of carbonyl (C=O) groups excluding carboxylic acids is 3. The van der Waals surface area contributed by atoms with Crippen molar-refractivity contribution in [1.29, 1.82) is 0 Å². The lowest BCUT2D eigenvalue weighted by Crippen LogP contribution is -2.43. The molecule has 0 saturated heterocycles. The number of rotatable bonds is 7. The lowest BCUT2D eigenvalue weighted by molar-refractivity contribution is -0.144. The number of amides is 1. The SMILES string of the molecule is COC(=O)[C@@H](Cc1ccccc1)NC(=O)/C(=C1/OC(=O)C(c2ccccc2)=C1O)c1ccccc1. The molecule has 2 N–H and O–H groups in total. The third-order valence-corrected chi connectivity index (χ3v) is 5.50. The molecule has 0 fully saturated rings. The summed E-state index contributed by atoms with van der Waals surface area (Å²) in [4.78, 5) is 38.7. The quantitative estimate of drug-likeness (QED) is 0.403. The Morgan fingerprint density at radius 2 is 1.49 bits per heavy atom. The minimum absolute atomic E-state index is 0.0457. The first-order chi connectivity index (χ1) is 17.0. The molecule has 1 heterocycles. The van der Waals surface area contributed by atoms with Gasteiger partial charge in [-0.2, -0.15) is 0 Å². The minimum Gasteiger partial charge on any atom is -0.504 e.